The third kappa shape index (κ3) is 2.28. The van der Waals surface area contributed by atoms with Gasteiger partial charge in [-0.3, -0.25) is 0 Å². The zero-order chi connectivity index (χ0) is 9.80. The Morgan fingerprint density at radius 2 is 2.21 bits per heavy atom. The molecule has 1 aliphatic rings. The Morgan fingerprint density at radius 3 is 3.07 bits per heavy atom. The van der Waals surface area contributed by atoms with Crippen molar-refractivity contribution >= 4 is 11.8 Å². The van der Waals surface area contributed by atoms with Crippen molar-refractivity contribution < 1.29 is 4.39 Å². The molecule has 1 nitrogen and oxygen atoms in total. The van der Waals surface area contributed by atoms with Gasteiger partial charge in [-0.1, -0.05) is 18.2 Å². The van der Waals surface area contributed by atoms with Crippen molar-refractivity contribution in [2.45, 2.75) is 12.5 Å². The smallest absolute Gasteiger partial charge is 0.128 e. The lowest BCUT2D eigenvalue weighted by Crippen LogP contribution is -2.23. The molecule has 0 bridgehead atoms. The van der Waals surface area contributed by atoms with Crippen molar-refractivity contribution in [1.29, 1.82) is 0 Å². The topological polar surface area (TPSA) is 12.0 Å². The summed E-state index contributed by atoms with van der Waals surface area (Å²) in [7, 11) is 0. The van der Waals surface area contributed by atoms with Crippen molar-refractivity contribution in [2.75, 3.05) is 18.1 Å². The van der Waals surface area contributed by atoms with E-state index in [0.717, 1.165) is 17.9 Å². The van der Waals surface area contributed by atoms with Crippen LogP contribution in [0.25, 0.3) is 0 Å². The van der Waals surface area contributed by atoms with Gasteiger partial charge in [-0.15, -0.1) is 0 Å². The van der Waals surface area contributed by atoms with Gasteiger partial charge in [0.15, 0.2) is 0 Å². The SMILES string of the molecule is Fc1ccccc1C1CSCCCN1. The Kier molecular flexibility index (Phi) is 3.43. The highest BCUT2D eigenvalue weighted by Crippen LogP contribution is 2.23. The Balaban J connectivity index is 2.16. The lowest BCUT2D eigenvalue weighted by molar-refractivity contribution is 0.539. The van der Waals surface area contributed by atoms with Crippen LogP contribution in [0.5, 0.6) is 0 Å². The van der Waals surface area contributed by atoms with Crippen LogP contribution in [-0.4, -0.2) is 18.1 Å². The van der Waals surface area contributed by atoms with Gasteiger partial charge in [0.2, 0.25) is 0 Å². The number of halogens is 1. The summed E-state index contributed by atoms with van der Waals surface area (Å²) in [6.45, 7) is 0.992. The molecule has 0 saturated carbocycles. The van der Waals surface area contributed by atoms with Crippen LogP contribution in [0, 0.1) is 5.82 Å². The number of hydrogen-bond acceptors (Lipinski definition) is 2. The van der Waals surface area contributed by atoms with E-state index >= 15 is 0 Å². The number of rotatable bonds is 1. The molecule has 1 atom stereocenters. The number of nitrogens with one attached hydrogen (secondary N) is 1. The van der Waals surface area contributed by atoms with Gasteiger partial charge in [-0.2, -0.15) is 11.8 Å². The first-order valence-corrected chi connectivity index (χ1v) is 6.09. The molecule has 1 aromatic rings. The van der Waals surface area contributed by atoms with Crippen LogP contribution in [0.3, 0.4) is 0 Å². The first-order valence-electron chi connectivity index (χ1n) is 4.93. The van der Waals surface area contributed by atoms with Crippen molar-refractivity contribution in [1.82, 2.24) is 5.32 Å². The summed E-state index contributed by atoms with van der Waals surface area (Å²) in [5.74, 6) is 2.06. The van der Waals surface area contributed by atoms with E-state index in [1.54, 1.807) is 6.07 Å². The molecule has 3 heteroatoms. The minimum atomic E-state index is -0.0903. The summed E-state index contributed by atoms with van der Waals surface area (Å²) in [4.78, 5) is 0. The van der Waals surface area contributed by atoms with Gasteiger partial charge in [0.1, 0.15) is 5.82 Å². The third-order valence-corrected chi connectivity index (χ3v) is 3.57. The summed E-state index contributed by atoms with van der Waals surface area (Å²) in [5.41, 5.74) is 0.807. The van der Waals surface area contributed by atoms with E-state index in [-0.39, 0.29) is 11.9 Å². The molecule has 1 fully saturated rings. The van der Waals surface area contributed by atoms with Crippen LogP contribution in [0.1, 0.15) is 18.0 Å². The maximum atomic E-state index is 13.5. The Hall–Kier alpha value is -0.540. The normalized spacial score (nSPS) is 23.1. The first-order chi connectivity index (χ1) is 6.88. The Labute approximate surface area is 88.1 Å². The lowest BCUT2D eigenvalue weighted by Gasteiger charge is -2.16. The van der Waals surface area contributed by atoms with E-state index in [4.69, 9.17) is 0 Å². The highest BCUT2D eigenvalue weighted by molar-refractivity contribution is 7.99. The van der Waals surface area contributed by atoms with Crippen LogP contribution >= 0.6 is 11.8 Å². The van der Waals surface area contributed by atoms with Gasteiger partial charge in [-0.05, 0) is 24.8 Å². The van der Waals surface area contributed by atoms with E-state index in [9.17, 15) is 4.39 Å². The Bertz CT molecular complexity index is 295. The van der Waals surface area contributed by atoms with Gasteiger partial charge in [0.05, 0.1) is 0 Å². The maximum absolute atomic E-state index is 13.5. The fourth-order valence-electron chi connectivity index (χ4n) is 1.67. The average molecular weight is 211 g/mol. The molecule has 2 rings (SSSR count). The molecule has 0 aliphatic carbocycles. The second-order valence-corrected chi connectivity index (χ2v) is 4.61. The van der Waals surface area contributed by atoms with Crippen LogP contribution in [0.2, 0.25) is 0 Å². The standard InChI is InChI=1S/C11H14FNS/c12-10-5-2-1-4-9(10)11-8-14-7-3-6-13-11/h1-2,4-5,11,13H,3,6-8H2. The molecule has 1 N–H and O–H groups in total. The van der Waals surface area contributed by atoms with Crippen LogP contribution < -0.4 is 5.32 Å². The predicted octanol–water partition coefficient (Wildman–Crippen LogP) is 2.59. The molecule has 1 unspecified atom stereocenters. The summed E-state index contributed by atoms with van der Waals surface area (Å²) < 4.78 is 13.5. The van der Waals surface area contributed by atoms with Crippen LogP contribution in [-0.2, 0) is 0 Å². The second-order valence-electron chi connectivity index (χ2n) is 3.46. The summed E-state index contributed by atoms with van der Waals surface area (Å²) >= 11 is 1.90. The van der Waals surface area contributed by atoms with E-state index in [1.165, 1.54) is 18.2 Å². The van der Waals surface area contributed by atoms with E-state index < -0.39 is 0 Å². The second kappa shape index (κ2) is 4.80. The zero-order valence-electron chi connectivity index (χ0n) is 8.00. The molecule has 1 heterocycles. The molecule has 1 aromatic carbocycles. The fourth-order valence-corrected chi connectivity index (χ4v) is 2.72. The highest BCUT2D eigenvalue weighted by atomic mass is 32.2. The number of benzene rings is 1. The fraction of sp³-hybridized carbons (Fsp3) is 0.455. The molecule has 0 spiro atoms. The molecule has 14 heavy (non-hydrogen) atoms. The zero-order valence-corrected chi connectivity index (χ0v) is 8.82. The molecule has 0 amide bonds. The predicted molar refractivity (Wildman–Crippen MR) is 59.1 cm³/mol. The number of thioether (sulfide) groups is 1. The van der Waals surface area contributed by atoms with Crippen molar-refractivity contribution in [3.63, 3.8) is 0 Å². The quantitative estimate of drug-likeness (QED) is 0.766. The maximum Gasteiger partial charge on any atom is 0.128 e. The van der Waals surface area contributed by atoms with Gasteiger partial charge in [-0.25, -0.2) is 4.39 Å². The molecule has 0 aromatic heterocycles. The van der Waals surface area contributed by atoms with E-state index in [0.29, 0.717) is 0 Å². The van der Waals surface area contributed by atoms with Gasteiger partial charge in [0, 0.05) is 17.4 Å². The summed E-state index contributed by atoms with van der Waals surface area (Å²) in [6, 6.07) is 7.23. The largest absolute Gasteiger partial charge is 0.309 e. The van der Waals surface area contributed by atoms with Gasteiger partial charge < -0.3 is 5.32 Å². The van der Waals surface area contributed by atoms with Crippen molar-refractivity contribution in [3.05, 3.63) is 35.6 Å². The lowest BCUT2D eigenvalue weighted by atomic mass is 10.1. The van der Waals surface area contributed by atoms with Gasteiger partial charge >= 0.3 is 0 Å². The number of hydrogen-bond donors (Lipinski definition) is 1. The molecule has 0 radical (unpaired) electrons. The monoisotopic (exact) mass is 211 g/mol. The minimum absolute atomic E-state index is 0.0903. The minimum Gasteiger partial charge on any atom is -0.309 e. The van der Waals surface area contributed by atoms with Gasteiger partial charge in [0.25, 0.3) is 0 Å². The molecule has 1 saturated heterocycles. The van der Waals surface area contributed by atoms with E-state index in [1.807, 2.05) is 23.9 Å². The average Bonchev–Trinajstić information content (AvgIpc) is 2.47. The van der Waals surface area contributed by atoms with E-state index in [2.05, 4.69) is 5.32 Å². The summed E-state index contributed by atoms with van der Waals surface area (Å²) in [6.07, 6.45) is 1.18. The third-order valence-electron chi connectivity index (χ3n) is 2.42. The van der Waals surface area contributed by atoms with Crippen LogP contribution in [0.15, 0.2) is 24.3 Å². The highest BCUT2D eigenvalue weighted by Gasteiger charge is 2.16. The first kappa shape index (κ1) is 9.99. The van der Waals surface area contributed by atoms with Crippen molar-refractivity contribution in [2.24, 2.45) is 0 Å². The van der Waals surface area contributed by atoms with Crippen molar-refractivity contribution in [3.8, 4) is 0 Å². The van der Waals surface area contributed by atoms with Crippen LogP contribution in [0.4, 0.5) is 4.39 Å². The molecule has 1 aliphatic heterocycles. The molecule has 76 valence electrons. The summed E-state index contributed by atoms with van der Waals surface area (Å²) in [5, 5.41) is 3.38. The Morgan fingerprint density at radius 1 is 1.36 bits per heavy atom. The molecular weight excluding hydrogens is 197 g/mol. The molecular formula is C11H14FNS.